The van der Waals surface area contributed by atoms with Crippen LogP contribution in [0, 0.1) is 5.82 Å². The first kappa shape index (κ1) is 14.2. The molecular weight excluding hydrogens is 331 g/mol. The smallest absolute Gasteiger partial charge is 0.172 e. The number of benzene rings is 1. The number of rotatable bonds is 6. The van der Waals surface area contributed by atoms with Crippen LogP contribution in [0.5, 0.6) is 5.75 Å². The van der Waals surface area contributed by atoms with E-state index in [4.69, 9.17) is 4.74 Å². The van der Waals surface area contributed by atoms with Crippen molar-refractivity contribution in [3.05, 3.63) is 50.9 Å². The van der Waals surface area contributed by atoms with Crippen LogP contribution in [0.3, 0.4) is 0 Å². The van der Waals surface area contributed by atoms with Gasteiger partial charge in [0.2, 0.25) is 0 Å². The first-order valence-electron chi connectivity index (χ1n) is 5.81. The summed E-state index contributed by atoms with van der Waals surface area (Å²) in [6.07, 6.45) is 1.06. The molecule has 0 amide bonds. The predicted molar refractivity (Wildman–Crippen MR) is 77.5 cm³/mol. The van der Waals surface area contributed by atoms with Gasteiger partial charge in [-0.1, -0.05) is 6.07 Å². The monoisotopic (exact) mass is 342 g/mol. The average molecular weight is 343 g/mol. The van der Waals surface area contributed by atoms with Crippen LogP contribution in [-0.4, -0.2) is 12.4 Å². The lowest BCUT2D eigenvalue weighted by Gasteiger charge is -2.06. The van der Waals surface area contributed by atoms with Gasteiger partial charge in [-0.3, -0.25) is 4.79 Å². The summed E-state index contributed by atoms with van der Waals surface area (Å²) in [5, 5.41) is 1.88. The number of thiophene rings is 1. The summed E-state index contributed by atoms with van der Waals surface area (Å²) < 4.78 is 19.0. The van der Waals surface area contributed by atoms with E-state index < -0.39 is 0 Å². The maximum absolute atomic E-state index is 13.2. The van der Waals surface area contributed by atoms with E-state index in [2.05, 4.69) is 15.9 Å². The van der Waals surface area contributed by atoms with E-state index in [1.165, 1.54) is 17.4 Å². The Balaban J connectivity index is 1.75. The highest BCUT2D eigenvalue weighted by Gasteiger charge is 2.06. The van der Waals surface area contributed by atoms with Gasteiger partial charge in [-0.15, -0.1) is 11.3 Å². The maximum Gasteiger partial charge on any atom is 0.172 e. The number of carbonyl (C=O) groups is 1. The Morgan fingerprint density at radius 3 is 2.89 bits per heavy atom. The van der Waals surface area contributed by atoms with Crippen molar-refractivity contribution in [3.63, 3.8) is 0 Å². The van der Waals surface area contributed by atoms with Gasteiger partial charge in [0.1, 0.15) is 11.6 Å². The molecule has 0 saturated heterocycles. The van der Waals surface area contributed by atoms with Gasteiger partial charge in [0.05, 0.1) is 16.0 Å². The highest BCUT2D eigenvalue weighted by Crippen LogP contribution is 2.21. The van der Waals surface area contributed by atoms with Crippen LogP contribution in [0.15, 0.2) is 40.2 Å². The second kappa shape index (κ2) is 6.82. The lowest BCUT2D eigenvalue weighted by Crippen LogP contribution is -2.02. The molecule has 19 heavy (non-hydrogen) atoms. The van der Waals surface area contributed by atoms with Crippen molar-refractivity contribution in [2.75, 3.05) is 6.61 Å². The molecular formula is C14H12BrFO2S. The molecule has 0 aliphatic rings. The standard InChI is InChI=1S/C14H12BrFO2S/c15-11-6-5-10(9-12(11)16)18-7-1-3-13(17)14-4-2-8-19-14/h2,4-6,8-9H,1,3,7H2. The van der Waals surface area contributed by atoms with Crippen LogP contribution in [0.1, 0.15) is 22.5 Å². The Kier molecular flexibility index (Phi) is 5.10. The molecule has 5 heteroatoms. The number of ketones is 1. The summed E-state index contributed by atoms with van der Waals surface area (Å²) in [6, 6.07) is 8.29. The third-order valence-electron chi connectivity index (χ3n) is 2.50. The first-order chi connectivity index (χ1) is 9.16. The molecule has 0 fully saturated rings. The predicted octanol–water partition coefficient (Wildman–Crippen LogP) is 4.69. The zero-order chi connectivity index (χ0) is 13.7. The second-order valence-corrected chi connectivity index (χ2v) is 5.73. The van der Waals surface area contributed by atoms with E-state index in [9.17, 15) is 9.18 Å². The molecule has 1 aromatic heterocycles. The van der Waals surface area contributed by atoms with E-state index in [1.807, 2.05) is 17.5 Å². The van der Waals surface area contributed by atoms with Crippen LogP contribution in [0.2, 0.25) is 0 Å². The van der Waals surface area contributed by atoms with Crippen LogP contribution < -0.4 is 4.74 Å². The van der Waals surface area contributed by atoms with Gasteiger partial charge < -0.3 is 4.74 Å². The summed E-state index contributed by atoms with van der Waals surface area (Å²) in [5.41, 5.74) is 0. The second-order valence-electron chi connectivity index (χ2n) is 3.93. The molecule has 0 aliphatic heterocycles. The van der Waals surface area contributed by atoms with Gasteiger partial charge in [0, 0.05) is 12.5 Å². The summed E-state index contributed by atoms with van der Waals surface area (Å²) in [4.78, 5) is 12.5. The Bertz CT molecular complexity index is 555. The summed E-state index contributed by atoms with van der Waals surface area (Å²) in [5.74, 6) is 0.247. The van der Waals surface area contributed by atoms with Crippen molar-refractivity contribution in [2.45, 2.75) is 12.8 Å². The fraction of sp³-hybridized carbons (Fsp3) is 0.214. The van der Waals surface area contributed by atoms with Gasteiger partial charge in [-0.05, 0) is 45.9 Å². The average Bonchev–Trinajstić information content (AvgIpc) is 2.92. The molecule has 100 valence electrons. The van der Waals surface area contributed by atoms with Gasteiger partial charge in [0.25, 0.3) is 0 Å². The fourth-order valence-electron chi connectivity index (χ4n) is 1.55. The minimum absolute atomic E-state index is 0.126. The zero-order valence-corrected chi connectivity index (χ0v) is 12.5. The maximum atomic E-state index is 13.2. The van der Waals surface area contributed by atoms with Gasteiger partial charge in [-0.25, -0.2) is 4.39 Å². The number of Topliss-reactive ketones (excluding diaryl/α,β-unsaturated/α-hetero) is 1. The van der Waals surface area contributed by atoms with Crippen LogP contribution in [0.25, 0.3) is 0 Å². The minimum Gasteiger partial charge on any atom is -0.493 e. The third kappa shape index (κ3) is 4.14. The first-order valence-corrected chi connectivity index (χ1v) is 7.48. The SMILES string of the molecule is O=C(CCCOc1ccc(Br)c(F)c1)c1cccs1. The number of hydrogen-bond donors (Lipinski definition) is 0. The highest BCUT2D eigenvalue weighted by molar-refractivity contribution is 9.10. The van der Waals surface area contributed by atoms with E-state index in [0.717, 1.165) is 4.88 Å². The van der Waals surface area contributed by atoms with E-state index >= 15 is 0 Å². The van der Waals surface area contributed by atoms with Crippen molar-refractivity contribution in [1.29, 1.82) is 0 Å². The minimum atomic E-state index is -0.354. The highest BCUT2D eigenvalue weighted by atomic mass is 79.9. The summed E-state index contributed by atoms with van der Waals surface area (Å²) >= 11 is 4.52. The lowest BCUT2D eigenvalue weighted by atomic mass is 10.2. The molecule has 2 nitrogen and oxygen atoms in total. The van der Waals surface area contributed by atoms with Crippen LogP contribution >= 0.6 is 27.3 Å². The molecule has 0 aliphatic carbocycles. The molecule has 0 radical (unpaired) electrons. The molecule has 2 rings (SSSR count). The van der Waals surface area contributed by atoms with E-state index in [0.29, 0.717) is 29.7 Å². The van der Waals surface area contributed by atoms with Crippen molar-refractivity contribution in [1.82, 2.24) is 0 Å². The number of halogens is 2. The van der Waals surface area contributed by atoms with Gasteiger partial charge >= 0.3 is 0 Å². The number of ether oxygens (including phenoxy) is 1. The summed E-state index contributed by atoms with van der Waals surface area (Å²) in [7, 11) is 0. The zero-order valence-electron chi connectivity index (χ0n) is 10.1. The van der Waals surface area contributed by atoms with Crippen molar-refractivity contribution in [2.24, 2.45) is 0 Å². The van der Waals surface area contributed by atoms with Gasteiger partial charge in [0.15, 0.2) is 5.78 Å². The fourth-order valence-corrected chi connectivity index (χ4v) is 2.49. The number of carbonyl (C=O) groups excluding carboxylic acids is 1. The lowest BCUT2D eigenvalue weighted by molar-refractivity contribution is 0.0977. The molecule has 0 bridgehead atoms. The Morgan fingerprint density at radius 2 is 2.21 bits per heavy atom. The molecule has 0 N–H and O–H groups in total. The Morgan fingerprint density at radius 1 is 1.37 bits per heavy atom. The topological polar surface area (TPSA) is 26.3 Å². The Hall–Kier alpha value is -1.20. The van der Waals surface area contributed by atoms with Gasteiger partial charge in [-0.2, -0.15) is 0 Å². The van der Waals surface area contributed by atoms with E-state index in [1.54, 1.807) is 12.1 Å². The normalized spacial score (nSPS) is 10.4. The van der Waals surface area contributed by atoms with Crippen molar-refractivity contribution >= 4 is 33.0 Å². The molecule has 1 heterocycles. The van der Waals surface area contributed by atoms with Crippen molar-refractivity contribution < 1.29 is 13.9 Å². The van der Waals surface area contributed by atoms with E-state index in [-0.39, 0.29) is 11.6 Å². The molecule has 0 spiro atoms. The summed E-state index contributed by atoms with van der Waals surface area (Å²) in [6.45, 7) is 0.401. The molecule has 0 unspecified atom stereocenters. The molecule has 0 saturated carbocycles. The molecule has 0 atom stereocenters. The van der Waals surface area contributed by atoms with Crippen LogP contribution in [0.4, 0.5) is 4.39 Å². The molecule has 2 aromatic rings. The molecule has 1 aromatic carbocycles. The van der Waals surface area contributed by atoms with Crippen LogP contribution in [-0.2, 0) is 0 Å². The quantitative estimate of drug-likeness (QED) is 0.562. The largest absolute Gasteiger partial charge is 0.493 e. The Labute approximate surface area is 123 Å². The number of hydrogen-bond acceptors (Lipinski definition) is 3. The third-order valence-corrected chi connectivity index (χ3v) is 4.06. The van der Waals surface area contributed by atoms with Crippen molar-refractivity contribution in [3.8, 4) is 5.75 Å².